The first-order valence-electron chi connectivity index (χ1n) is 6.62. The van der Waals surface area contributed by atoms with Crippen LogP contribution in [-0.4, -0.2) is 12.7 Å². The third kappa shape index (κ3) is 4.14. The lowest BCUT2D eigenvalue weighted by Gasteiger charge is -2.31. The van der Waals surface area contributed by atoms with Gasteiger partial charge in [0.25, 0.3) is 0 Å². The minimum absolute atomic E-state index is 0.240. The molecule has 1 aliphatic carbocycles. The molecule has 0 amide bonds. The molecule has 1 fully saturated rings. The van der Waals surface area contributed by atoms with Crippen LogP contribution in [0.5, 0.6) is 0 Å². The van der Waals surface area contributed by atoms with Gasteiger partial charge in [0.15, 0.2) is 0 Å². The van der Waals surface area contributed by atoms with E-state index < -0.39 is 0 Å². The summed E-state index contributed by atoms with van der Waals surface area (Å²) in [6.45, 7) is 6.95. The highest BCUT2D eigenvalue weighted by molar-refractivity contribution is 4.91. The van der Waals surface area contributed by atoms with E-state index in [0.717, 1.165) is 18.9 Å². The molecule has 0 saturated heterocycles. The highest BCUT2D eigenvalue weighted by atomic mass is 16.5. The van der Waals surface area contributed by atoms with E-state index in [1.807, 2.05) is 13.8 Å². The van der Waals surface area contributed by atoms with Crippen LogP contribution in [0.15, 0.2) is 0 Å². The van der Waals surface area contributed by atoms with Gasteiger partial charge in [0, 0.05) is 6.61 Å². The zero-order chi connectivity index (χ0) is 12.0. The van der Waals surface area contributed by atoms with Crippen molar-refractivity contribution in [3.05, 3.63) is 0 Å². The maximum absolute atomic E-state index is 8.92. The third-order valence-electron chi connectivity index (χ3n) is 3.73. The predicted molar refractivity (Wildman–Crippen MR) is 66.0 cm³/mol. The fraction of sp³-hybridized carbons (Fsp3) is 0.929. The Morgan fingerprint density at radius 2 is 2.00 bits per heavy atom. The van der Waals surface area contributed by atoms with Crippen molar-refractivity contribution >= 4 is 0 Å². The van der Waals surface area contributed by atoms with E-state index in [9.17, 15) is 0 Å². The lowest BCUT2D eigenvalue weighted by atomic mass is 9.84. The molecule has 1 aliphatic rings. The number of hydrogen-bond donors (Lipinski definition) is 0. The van der Waals surface area contributed by atoms with E-state index in [-0.39, 0.29) is 5.41 Å². The summed E-state index contributed by atoms with van der Waals surface area (Å²) in [5, 5.41) is 8.92. The van der Waals surface area contributed by atoms with Crippen LogP contribution in [0.2, 0.25) is 0 Å². The van der Waals surface area contributed by atoms with Crippen molar-refractivity contribution in [1.29, 1.82) is 5.26 Å². The summed E-state index contributed by atoms with van der Waals surface area (Å²) in [5.41, 5.74) is -0.240. The van der Waals surface area contributed by atoms with Crippen molar-refractivity contribution in [2.45, 2.75) is 65.4 Å². The Labute approximate surface area is 100.0 Å². The molecule has 16 heavy (non-hydrogen) atoms. The minimum Gasteiger partial charge on any atom is -0.378 e. The maximum Gasteiger partial charge on any atom is 0.0684 e. The summed E-state index contributed by atoms with van der Waals surface area (Å²) in [6, 6.07) is 2.32. The largest absolute Gasteiger partial charge is 0.378 e. The molecular weight excluding hydrogens is 198 g/mol. The minimum atomic E-state index is -0.240. The summed E-state index contributed by atoms with van der Waals surface area (Å²) >= 11 is 0. The van der Waals surface area contributed by atoms with Crippen molar-refractivity contribution in [1.82, 2.24) is 0 Å². The molecule has 1 saturated carbocycles. The maximum atomic E-state index is 8.92. The zero-order valence-electron chi connectivity index (χ0n) is 11.0. The number of ether oxygens (including phenoxy) is 1. The molecule has 2 heteroatoms. The Morgan fingerprint density at radius 1 is 1.31 bits per heavy atom. The molecule has 0 aromatic rings. The molecule has 0 aromatic heterocycles. The Balaban J connectivity index is 2.28. The van der Waals surface area contributed by atoms with E-state index >= 15 is 0 Å². The molecule has 0 aromatic carbocycles. The van der Waals surface area contributed by atoms with Gasteiger partial charge in [-0.2, -0.15) is 5.26 Å². The molecule has 1 rings (SSSR count). The van der Waals surface area contributed by atoms with Crippen molar-refractivity contribution < 1.29 is 4.74 Å². The van der Waals surface area contributed by atoms with E-state index in [1.165, 1.54) is 32.1 Å². The van der Waals surface area contributed by atoms with Crippen molar-refractivity contribution in [3.8, 4) is 6.07 Å². The molecule has 92 valence electrons. The van der Waals surface area contributed by atoms with Crippen LogP contribution < -0.4 is 0 Å². The van der Waals surface area contributed by atoms with Crippen LogP contribution in [0.25, 0.3) is 0 Å². The number of nitrogens with zero attached hydrogens (tertiary/aromatic N) is 1. The molecule has 0 spiro atoms. The van der Waals surface area contributed by atoms with Crippen molar-refractivity contribution in [2.24, 2.45) is 11.3 Å². The van der Waals surface area contributed by atoms with Gasteiger partial charge in [0.2, 0.25) is 0 Å². The summed E-state index contributed by atoms with van der Waals surface area (Å²) in [5.74, 6) is 0.749. The Bertz CT molecular complexity index is 242. The lowest BCUT2D eigenvalue weighted by Crippen LogP contribution is -2.28. The normalized spacial score (nSPS) is 26.4. The first-order chi connectivity index (χ1) is 7.59. The van der Waals surface area contributed by atoms with Crippen LogP contribution in [0.3, 0.4) is 0 Å². The number of rotatable bonds is 5. The predicted octanol–water partition coefficient (Wildman–Crippen LogP) is 3.91. The standard InChI is InChI=1S/C14H25NO/c1-4-12-7-5-6-8-13(12)16-10-9-14(2,3)11-15/h12-13H,4-10H2,1-3H3. The SMILES string of the molecule is CCC1CCCCC1OCCC(C)(C)C#N. The van der Waals surface area contributed by atoms with E-state index in [1.54, 1.807) is 0 Å². The quantitative estimate of drug-likeness (QED) is 0.708. The van der Waals surface area contributed by atoms with E-state index in [2.05, 4.69) is 13.0 Å². The average molecular weight is 223 g/mol. The first-order valence-corrected chi connectivity index (χ1v) is 6.62. The van der Waals surface area contributed by atoms with Crippen molar-refractivity contribution in [3.63, 3.8) is 0 Å². The van der Waals surface area contributed by atoms with Gasteiger partial charge in [-0.25, -0.2) is 0 Å². The van der Waals surface area contributed by atoms with Crippen LogP contribution in [0, 0.1) is 22.7 Å². The molecule has 0 aliphatic heterocycles. The highest BCUT2D eigenvalue weighted by Crippen LogP contribution is 2.30. The first kappa shape index (κ1) is 13.5. The van der Waals surface area contributed by atoms with Gasteiger partial charge < -0.3 is 4.74 Å². The summed E-state index contributed by atoms with van der Waals surface area (Å²) < 4.78 is 5.97. The molecule has 2 unspecified atom stereocenters. The topological polar surface area (TPSA) is 33.0 Å². The van der Waals surface area contributed by atoms with Gasteiger partial charge in [-0.05, 0) is 39.0 Å². The molecule has 2 atom stereocenters. The van der Waals surface area contributed by atoms with Crippen LogP contribution >= 0.6 is 0 Å². The van der Waals surface area contributed by atoms with Gasteiger partial charge >= 0.3 is 0 Å². The van der Waals surface area contributed by atoms with Gasteiger partial charge in [0.1, 0.15) is 0 Å². The lowest BCUT2D eigenvalue weighted by molar-refractivity contribution is -0.0189. The molecule has 0 heterocycles. The molecule has 2 nitrogen and oxygen atoms in total. The highest BCUT2D eigenvalue weighted by Gasteiger charge is 2.25. The van der Waals surface area contributed by atoms with Gasteiger partial charge in [-0.15, -0.1) is 0 Å². The second kappa shape index (κ2) is 6.25. The molecule has 0 N–H and O–H groups in total. The Hall–Kier alpha value is -0.550. The van der Waals surface area contributed by atoms with Gasteiger partial charge in [-0.1, -0.05) is 26.2 Å². The van der Waals surface area contributed by atoms with Crippen molar-refractivity contribution in [2.75, 3.05) is 6.61 Å². The van der Waals surface area contributed by atoms with Crippen LogP contribution in [0.1, 0.15) is 59.3 Å². The van der Waals surface area contributed by atoms with Crippen LogP contribution in [0.4, 0.5) is 0 Å². The van der Waals surface area contributed by atoms with E-state index in [0.29, 0.717) is 6.10 Å². The Kier molecular flexibility index (Phi) is 5.28. The van der Waals surface area contributed by atoms with Gasteiger partial charge in [-0.3, -0.25) is 0 Å². The fourth-order valence-electron chi connectivity index (χ4n) is 2.38. The zero-order valence-corrected chi connectivity index (χ0v) is 11.0. The van der Waals surface area contributed by atoms with E-state index in [4.69, 9.17) is 10.00 Å². The number of nitriles is 1. The van der Waals surface area contributed by atoms with Gasteiger partial charge in [0.05, 0.1) is 17.6 Å². The second-order valence-corrected chi connectivity index (χ2v) is 5.61. The molecule has 0 bridgehead atoms. The number of hydrogen-bond acceptors (Lipinski definition) is 2. The Morgan fingerprint density at radius 3 is 2.62 bits per heavy atom. The second-order valence-electron chi connectivity index (χ2n) is 5.61. The fourth-order valence-corrected chi connectivity index (χ4v) is 2.38. The van der Waals surface area contributed by atoms with Crippen LogP contribution in [-0.2, 0) is 4.74 Å². The summed E-state index contributed by atoms with van der Waals surface area (Å²) in [4.78, 5) is 0. The summed E-state index contributed by atoms with van der Waals surface area (Å²) in [7, 11) is 0. The third-order valence-corrected chi connectivity index (χ3v) is 3.73. The monoisotopic (exact) mass is 223 g/mol. The summed E-state index contributed by atoms with van der Waals surface area (Å²) in [6.07, 6.45) is 7.73. The molecular formula is C14H25NO. The average Bonchev–Trinajstić information content (AvgIpc) is 2.29. The molecule has 0 radical (unpaired) electrons. The smallest absolute Gasteiger partial charge is 0.0684 e.